The lowest BCUT2D eigenvalue weighted by Gasteiger charge is -2.46. The molecule has 2 N–H and O–H groups in total. The summed E-state index contributed by atoms with van der Waals surface area (Å²) in [5.41, 5.74) is 0. The molecule has 0 unspecified atom stereocenters. The lowest BCUT2D eigenvalue weighted by atomic mass is 9.74. The fourth-order valence-corrected chi connectivity index (χ4v) is 5.01. The molecule has 25 heavy (non-hydrogen) atoms. The van der Waals surface area contributed by atoms with Crippen molar-refractivity contribution in [2.45, 2.75) is 108 Å². The van der Waals surface area contributed by atoms with E-state index >= 15 is 0 Å². The molecule has 1 saturated carbocycles. The lowest BCUT2D eigenvalue weighted by Crippen LogP contribution is -2.60. The van der Waals surface area contributed by atoms with E-state index in [1.165, 1.54) is 0 Å². The van der Waals surface area contributed by atoms with Crippen LogP contribution in [-0.2, 0) is 18.9 Å². The van der Waals surface area contributed by atoms with Gasteiger partial charge in [0, 0.05) is 5.92 Å². The number of hydrogen-bond acceptors (Lipinski definition) is 6. The summed E-state index contributed by atoms with van der Waals surface area (Å²) in [5, 5.41) is 10.6. The molecular formula is C18H34O6Si. The molecule has 6 nitrogen and oxygen atoms in total. The summed E-state index contributed by atoms with van der Waals surface area (Å²) in [4.78, 5) is 10.8. The fourth-order valence-electron chi connectivity index (χ4n) is 4.27. The van der Waals surface area contributed by atoms with E-state index in [2.05, 4.69) is 13.8 Å². The first-order chi connectivity index (χ1) is 11.1. The monoisotopic (exact) mass is 374 g/mol. The second-order valence-corrected chi connectivity index (χ2v) is 14.4. The van der Waals surface area contributed by atoms with Crippen LogP contribution in [0.5, 0.6) is 0 Å². The molecule has 2 heterocycles. The van der Waals surface area contributed by atoms with E-state index in [0.29, 0.717) is 0 Å². The van der Waals surface area contributed by atoms with E-state index in [1.54, 1.807) is 0 Å². The van der Waals surface area contributed by atoms with Crippen molar-refractivity contribution >= 4 is 8.32 Å². The Morgan fingerprint density at radius 2 is 1.20 bits per heavy atom. The van der Waals surface area contributed by atoms with Crippen LogP contribution in [0.15, 0.2) is 0 Å². The molecule has 0 amide bonds. The van der Waals surface area contributed by atoms with Crippen molar-refractivity contribution in [2.75, 3.05) is 0 Å². The molecule has 0 spiro atoms. The van der Waals surface area contributed by atoms with Gasteiger partial charge in [0.1, 0.15) is 18.3 Å². The first kappa shape index (κ1) is 19.7. The smallest absolute Gasteiger partial charge is 0.188 e. The molecule has 0 aromatic carbocycles. The molecular weight excluding hydrogens is 340 g/mol. The zero-order chi connectivity index (χ0) is 19.0. The van der Waals surface area contributed by atoms with Gasteiger partial charge in [-0.15, -0.1) is 0 Å². The highest BCUT2D eigenvalue weighted by Crippen LogP contribution is 2.52. The molecule has 7 heteroatoms. The Hall–Kier alpha value is -0.0231. The average molecular weight is 375 g/mol. The molecule has 6 atom stereocenters. The highest BCUT2D eigenvalue weighted by molar-refractivity contribution is 6.72. The van der Waals surface area contributed by atoms with Gasteiger partial charge in [-0.05, 0) is 52.2 Å². The van der Waals surface area contributed by atoms with E-state index in [0.717, 1.165) is 6.42 Å². The summed E-state index contributed by atoms with van der Waals surface area (Å²) < 4.78 is 24.4. The van der Waals surface area contributed by atoms with Crippen LogP contribution < -0.4 is 0 Å². The van der Waals surface area contributed by atoms with Gasteiger partial charge in [0.15, 0.2) is 19.9 Å². The third-order valence-corrected chi connectivity index (χ3v) is 9.76. The van der Waals surface area contributed by atoms with Gasteiger partial charge in [-0.1, -0.05) is 13.8 Å². The van der Waals surface area contributed by atoms with Crippen molar-refractivity contribution < 1.29 is 28.8 Å². The zero-order valence-electron chi connectivity index (χ0n) is 16.7. The molecule has 3 aliphatic rings. The van der Waals surface area contributed by atoms with Gasteiger partial charge in [-0.25, -0.2) is 0 Å². The highest BCUT2D eigenvalue weighted by atomic mass is 28.4. The van der Waals surface area contributed by atoms with Crippen LogP contribution in [0.25, 0.3) is 0 Å². The number of aliphatic hydroxyl groups excluding tert-OH is 1. The summed E-state index contributed by atoms with van der Waals surface area (Å²) in [5.74, 6) is -1.52. The minimum Gasteiger partial charge on any atom is -0.432 e. The molecule has 0 aromatic rings. The predicted molar refractivity (Wildman–Crippen MR) is 95.5 cm³/mol. The molecule has 2 saturated heterocycles. The maximum absolute atomic E-state index is 10.8. The first-order valence-corrected chi connectivity index (χ1v) is 12.2. The fraction of sp³-hybridized carbons (Fsp3) is 1.00. The minimum atomic E-state index is -2.40. The van der Waals surface area contributed by atoms with E-state index in [9.17, 15) is 9.90 Å². The maximum atomic E-state index is 10.8. The SMILES string of the molecule is CC1(C)O[C@@H]2[C@@H](O)[C@@H]3OC(C)(C)O[C@H]3[C@H](CC(C)(C)[Si](C)(C)O)[C@@H]2O1. The van der Waals surface area contributed by atoms with Crippen molar-refractivity contribution in [2.24, 2.45) is 5.92 Å². The summed E-state index contributed by atoms with van der Waals surface area (Å²) in [7, 11) is -2.40. The minimum absolute atomic E-state index is 0.0177. The quantitative estimate of drug-likeness (QED) is 0.739. The Balaban J connectivity index is 1.95. The van der Waals surface area contributed by atoms with Crippen molar-refractivity contribution in [1.82, 2.24) is 0 Å². The summed E-state index contributed by atoms with van der Waals surface area (Å²) >= 11 is 0. The van der Waals surface area contributed by atoms with Crippen LogP contribution in [0.1, 0.15) is 48.0 Å². The maximum Gasteiger partial charge on any atom is 0.188 e. The Morgan fingerprint density at radius 1 is 0.840 bits per heavy atom. The molecule has 3 rings (SSSR count). The molecule has 0 bridgehead atoms. The highest BCUT2D eigenvalue weighted by Gasteiger charge is 2.63. The second-order valence-electron chi connectivity index (χ2n) is 9.93. The van der Waals surface area contributed by atoms with Gasteiger partial charge in [-0.3, -0.25) is 0 Å². The van der Waals surface area contributed by atoms with Crippen LogP contribution in [0, 0.1) is 5.92 Å². The third-order valence-electron chi connectivity index (χ3n) is 6.25. The zero-order valence-corrected chi connectivity index (χ0v) is 17.7. The van der Waals surface area contributed by atoms with E-state index in [-0.39, 0.29) is 23.2 Å². The summed E-state index contributed by atoms with van der Waals surface area (Å²) in [6.07, 6.45) is -1.51. The Kier molecular flexibility index (Phi) is 4.53. The van der Waals surface area contributed by atoms with Crippen molar-refractivity contribution in [3.8, 4) is 0 Å². The molecule has 3 fully saturated rings. The Morgan fingerprint density at radius 3 is 1.56 bits per heavy atom. The van der Waals surface area contributed by atoms with Crippen LogP contribution in [0.2, 0.25) is 18.1 Å². The third kappa shape index (κ3) is 3.45. The van der Waals surface area contributed by atoms with E-state index in [1.807, 2.05) is 40.8 Å². The number of fused-ring (bicyclic) bond motifs is 2. The van der Waals surface area contributed by atoms with Gasteiger partial charge >= 0.3 is 0 Å². The normalized spacial score (nSPS) is 43.0. The van der Waals surface area contributed by atoms with Crippen molar-refractivity contribution in [3.63, 3.8) is 0 Å². The van der Waals surface area contributed by atoms with E-state index in [4.69, 9.17) is 18.9 Å². The van der Waals surface area contributed by atoms with Gasteiger partial charge in [-0.2, -0.15) is 0 Å². The topological polar surface area (TPSA) is 77.4 Å². The lowest BCUT2D eigenvalue weighted by molar-refractivity contribution is -0.180. The largest absolute Gasteiger partial charge is 0.432 e. The molecule has 0 radical (unpaired) electrons. The number of rotatable bonds is 3. The molecule has 146 valence electrons. The van der Waals surface area contributed by atoms with Crippen LogP contribution >= 0.6 is 0 Å². The standard InChI is InChI=1S/C18H34O6Si/c1-16(2,25(7,8)20)9-10-12-14(23-17(3,4)21-12)11(19)15-13(10)22-18(5,6)24-15/h10-15,19-20H,9H2,1-8H3/t10-,11-,12-,13-,14-,15+/m0/s1. The number of aliphatic hydroxyl groups is 1. The van der Waals surface area contributed by atoms with Crippen molar-refractivity contribution in [3.05, 3.63) is 0 Å². The predicted octanol–water partition coefficient (Wildman–Crippen LogP) is 2.38. The van der Waals surface area contributed by atoms with Gasteiger partial charge in [0.2, 0.25) is 0 Å². The second kappa shape index (κ2) is 5.74. The molecule has 2 aliphatic heterocycles. The van der Waals surface area contributed by atoms with Crippen LogP contribution in [-0.4, -0.2) is 60.3 Å². The Labute approximate surface area is 151 Å². The van der Waals surface area contributed by atoms with Crippen LogP contribution in [0.4, 0.5) is 0 Å². The van der Waals surface area contributed by atoms with E-state index < -0.39 is 38.2 Å². The van der Waals surface area contributed by atoms with Crippen molar-refractivity contribution in [1.29, 1.82) is 0 Å². The Bertz CT molecular complexity index is 494. The molecule has 0 aromatic heterocycles. The average Bonchev–Trinajstić information content (AvgIpc) is 2.89. The summed E-state index contributed by atoms with van der Waals surface area (Å²) in [6, 6.07) is 0. The summed E-state index contributed by atoms with van der Waals surface area (Å²) in [6.45, 7) is 15.6. The van der Waals surface area contributed by atoms with Gasteiger partial charge < -0.3 is 28.8 Å². The number of ether oxygens (including phenoxy) is 4. The van der Waals surface area contributed by atoms with Gasteiger partial charge in [0.25, 0.3) is 0 Å². The van der Waals surface area contributed by atoms with Crippen LogP contribution in [0.3, 0.4) is 0 Å². The molecule has 1 aliphatic carbocycles. The number of hydrogen-bond donors (Lipinski definition) is 2. The van der Waals surface area contributed by atoms with Gasteiger partial charge in [0.05, 0.1) is 12.2 Å². The first-order valence-electron chi connectivity index (χ1n) is 9.25.